The smallest absolute Gasteiger partial charge is 0.278 e. The summed E-state index contributed by atoms with van der Waals surface area (Å²) in [6.07, 6.45) is 4.53. The molecule has 0 atom stereocenters. The fourth-order valence-corrected chi connectivity index (χ4v) is 8.05. The minimum absolute atomic E-state index is 0.169. The molecule has 0 unspecified atom stereocenters. The topological polar surface area (TPSA) is 182 Å². The molecule has 0 fully saturated rings. The highest BCUT2D eigenvalue weighted by Gasteiger charge is 2.24. The highest BCUT2D eigenvalue weighted by Crippen LogP contribution is 2.32. The molecular formula is C43H37N13O3S2. The Balaban J connectivity index is 1.03. The van der Waals surface area contributed by atoms with Crippen LogP contribution in [0, 0.1) is 6.92 Å². The third kappa shape index (κ3) is 8.44. The summed E-state index contributed by atoms with van der Waals surface area (Å²) in [6.45, 7) is 6.52. The van der Waals surface area contributed by atoms with E-state index in [1.165, 1.54) is 17.3 Å². The number of carbonyl (C=O) groups excluding carboxylic acids is 1. The van der Waals surface area contributed by atoms with Crippen LogP contribution in [-0.2, 0) is 18.6 Å². The number of carbonyl (C=O) groups is 1. The van der Waals surface area contributed by atoms with Gasteiger partial charge in [0, 0.05) is 35.2 Å². The first-order valence-electron chi connectivity index (χ1n) is 19.4. The second-order valence-corrected chi connectivity index (χ2v) is 15.6. The molecule has 9 aromatic rings. The molecule has 0 bridgehead atoms. The highest BCUT2D eigenvalue weighted by atomic mass is 32.2. The van der Waals surface area contributed by atoms with E-state index in [0.717, 1.165) is 45.4 Å². The van der Waals surface area contributed by atoms with E-state index >= 15 is 0 Å². The monoisotopic (exact) mass is 847 g/mol. The van der Waals surface area contributed by atoms with Gasteiger partial charge in [0.15, 0.2) is 16.7 Å². The molecule has 0 aliphatic heterocycles. The van der Waals surface area contributed by atoms with E-state index in [4.69, 9.17) is 14.2 Å². The van der Waals surface area contributed by atoms with Gasteiger partial charge >= 0.3 is 0 Å². The Morgan fingerprint density at radius 3 is 2.41 bits per heavy atom. The number of amides is 1. The highest BCUT2D eigenvalue weighted by molar-refractivity contribution is 7.98. The molecule has 0 radical (unpaired) electrons. The van der Waals surface area contributed by atoms with Crippen LogP contribution in [-0.4, -0.2) is 72.4 Å². The Hall–Kier alpha value is -7.31. The Labute approximate surface area is 357 Å². The van der Waals surface area contributed by atoms with Crippen LogP contribution < -0.4 is 10.1 Å². The molecule has 61 heavy (non-hydrogen) atoms. The molecule has 9 rings (SSSR count). The Morgan fingerprint density at radius 1 is 0.885 bits per heavy atom. The number of aromatic nitrogens is 12. The molecular weight excluding hydrogens is 811 g/mol. The van der Waals surface area contributed by atoms with E-state index in [-0.39, 0.29) is 12.1 Å². The molecule has 1 N–H and O–H groups in total. The van der Waals surface area contributed by atoms with E-state index in [0.29, 0.717) is 52.1 Å². The van der Waals surface area contributed by atoms with Crippen LogP contribution in [0.3, 0.4) is 0 Å². The second-order valence-electron chi connectivity index (χ2n) is 13.7. The molecule has 6 heterocycles. The zero-order valence-corrected chi connectivity index (χ0v) is 34.8. The van der Waals surface area contributed by atoms with Gasteiger partial charge in [-0.25, -0.2) is 9.36 Å². The molecule has 1 amide bonds. The lowest BCUT2D eigenvalue weighted by Gasteiger charge is -2.12. The van der Waals surface area contributed by atoms with Crippen LogP contribution in [0.5, 0.6) is 5.75 Å². The number of nitrogens with zero attached hydrogens (tertiary/aromatic N) is 12. The zero-order valence-electron chi connectivity index (χ0n) is 33.2. The Bertz CT molecular complexity index is 2900. The Morgan fingerprint density at radius 2 is 1.67 bits per heavy atom. The van der Waals surface area contributed by atoms with Crippen molar-refractivity contribution in [1.29, 1.82) is 0 Å². The molecule has 16 nitrogen and oxygen atoms in total. The van der Waals surface area contributed by atoms with Gasteiger partial charge in [-0.05, 0) is 110 Å². The van der Waals surface area contributed by atoms with E-state index < -0.39 is 5.91 Å². The van der Waals surface area contributed by atoms with Crippen molar-refractivity contribution in [2.75, 3.05) is 11.9 Å². The molecule has 6 aromatic heterocycles. The lowest BCUT2D eigenvalue weighted by molar-refractivity contribution is 0.102. The number of anilines is 1. The van der Waals surface area contributed by atoms with Gasteiger partial charge in [-0.2, -0.15) is 4.98 Å². The number of thioether (sulfide) groups is 1. The molecule has 0 aliphatic carbocycles. The van der Waals surface area contributed by atoms with Crippen LogP contribution in [0.15, 0.2) is 125 Å². The van der Waals surface area contributed by atoms with Crippen LogP contribution >= 0.6 is 23.1 Å². The van der Waals surface area contributed by atoms with Gasteiger partial charge in [-0.15, -0.1) is 31.7 Å². The first-order chi connectivity index (χ1) is 29.9. The van der Waals surface area contributed by atoms with Crippen molar-refractivity contribution in [2.24, 2.45) is 0 Å². The maximum atomic E-state index is 14.0. The van der Waals surface area contributed by atoms with Gasteiger partial charge in [-0.1, -0.05) is 52.5 Å². The third-order valence-electron chi connectivity index (χ3n) is 9.65. The number of thiophene rings is 1. The van der Waals surface area contributed by atoms with Gasteiger partial charge in [0.05, 0.1) is 46.2 Å². The van der Waals surface area contributed by atoms with Gasteiger partial charge in [0.2, 0.25) is 11.7 Å². The lowest BCUT2D eigenvalue weighted by Crippen LogP contribution is -2.16. The van der Waals surface area contributed by atoms with E-state index in [1.807, 2.05) is 121 Å². The first kappa shape index (κ1) is 39.2. The molecule has 18 heteroatoms. The number of benzene rings is 3. The number of nitrogens with one attached hydrogen (secondary N) is 1. The maximum Gasteiger partial charge on any atom is 0.278 e. The summed E-state index contributed by atoms with van der Waals surface area (Å²) in [5, 5.41) is 36.1. The summed E-state index contributed by atoms with van der Waals surface area (Å²) in [6, 6.07) is 30.9. The first-order valence-corrected chi connectivity index (χ1v) is 21.3. The van der Waals surface area contributed by atoms with Crippen molar-refractivity contribution in [2.45, 2.75) is 44.5 Å². The second kappa shape index (κ2) is 17.5. The van der Waals surface area contributed by atoms with Crippen molar-refractivity contribution < 1.29 is 14.1 Å². The predicted molar refractivity (Wildman–Crippen MR) is 231 cm³/mol. The van der Waals surface area contributed by atoms with Crippen LogP contribution in [0.1, 0.15) is 52.9 Å². The molecule has 3 aromatic carbocycles. The third-order valence-corrected chi connectivity index (χ3v) is 11.4. The molecule has 0 saturated heterocycles. The molecule has 0 saturated carbocycles. The SMILES string of the molecule is CCOc1ccc(-n2c(SCc3nc(-c4cccs4)no3)nnc2-c2ccnc(Cc3c(C(=O)Nc4ccc(-n5nncc5C)cc4)nnn3-c3ccc(CC)cc3)c2)cc1. The maximum absolute atomic E-state index is 14.0. The largest absolute Gasteiger partial charge is 0.494 e. The fraction of sp³-hybridized carbons (Fsp3) is 0.163. The van der Waals surface area contributed by atoms with Gasteiger partial charge in [-0.3, -0.25) is 14.3 Å². The van der Waals surface area contributed by atoms with Crippen molar-refractivity contribution in [3.8, 4) is 44.9 Å². The summed E-state index contributed by atoms with van der Waals surface area (Å²) in [5.74, 6) is 2.32. The van der Waals surface area contributed by atoms with Crippen LogP contribution in [0.2, 0.25) is 0 Å². The lowest BCUT2D eigenvalue weighted by atomic mass is 10.1. The standard InChI is InChI=1S/C43H37N13O3S2/c1-4-28-8-12-34(13-9-28)56-36(39(48-53-56)42(57)46-30-10-14-33(15-11-30)55-27(3)25-45-52-55)24-31-23-29(20-21-44-31)41-49-50-43(54(41)32-16-18-35(19-17-32)58-5-2)61-26-38-47-40(51-59-38)37-7-6-22-60-37/h6-23,25H,4-5,24,26H2,1-3H3,(H,46,57). The molecule has 0 aliphatic rings. The fourth-order valence-electron chi connectivity index (χ4n) is 6.61. The number of hydrogen-bond donors (Lipinski definition) is 1. The average Bonchev–Trinajstić information content (AvgIpc) is 4.15. The van der Waals surface area contributed by atoms with Crippen LogP contribution in [0.25, 0.3) is 39.2 Å². The van der Waals surface area contributed by atoms with Crippen LogP contribution in [0.4, 0.5) is 5.69 Å². The Kier molecular flexibility index (Phi) is 11.2. The zero-order chi connectivity index (χ0) is 41.7. The molecule has 304 valence electrons. The summed E-state index contributed by atoms with van der Waals surface area (Å²) < 4.78 is 16.7. The normalized spacial score (nSPS) is 11.3. The van der Waals surface area contributed by atoms with Crippen molar-refractivity contribution in [3.63, 3.8) is 0 Å². The summed E-state index contributed by atoms with van der Waals surface area (Å²) in [5.41, 5.74) is 7.22. The van der Waals surface area contributed by atoms with Crippen molar-refractivity contribution in [3.05, 3.63) is 149 Å². The average molecular weight is 848 g/mol. The quantitative estimate of drug-likeness (QED) is 0.0981. The molecule has 0 spiro atoms. The van der Waals surface area contributed by atoms with E-state index in [9.17, 15) is 4.79 Å². The van der Waals surface area contributed by atoms with Gasteiger partial charge in [0.25, 0.3) is 5.91 Å². The van der Waals surface area contributed by atoms with E-state index in [2.05, 4.69) is 53.2 Å². The summed E-state index contributed by atoms with van der Waals surface area (Å²) in [7, 11) is 0. The van der Waals surface area contributed by atoms with E-state index in [1.54, 1.807) is 33.1 Å². The van der Waals surface area contributed by atoms with Gasteiger partial charge < -0.3 is 14.6 Å². The predicted octanol–water partition coefficient (Wildman–Crippen LogP) is 8.01. The van der Waals surface area contributed by atoms with Gasteiger partial charge in [0.1, 0.15) is 5.75 Å². The number of ether oxygens (including phenoxy) is 1. The summed E-state index contributed by atoms with van der Waals surface area (Å²) in [4.78, 5) is 24.3. The number of rotatable bonds is 15. The number of hydrogen-bond acceptors (Lipinski definition) is 14. The van der Waals surface area contributed by atoms with Crippen molar-refractivity contribution in [1.82, 2.24) is 59.9 Å². The minimum atomic E-state index is -0.409. The van der Waals surface area contributed by atoms with Crippen molar-refractivity contribution >= 4 is 34.7 Å². The minimum Gasteiger partial charge on any atom is -0.494 e. The number of pyridine rings is 1. The number of aryl methyl sites for hydroxylation is 2. The summed E-state index contributed by atoms with van der Waals surface area (Å²) >= 11 is 2.98.